The van der Waals surface area contributed by atoms with Gasteiger partial charge in [0.2, 0.25) is 10.0 Å². The number of sulfone groups is 1. The lowest BCUT2D eigenvalue weighted by Gasteiger charge is -2.15. The second-order valence-electron chi connectivity index (χ2n) is 5.52. The van der Waals surface area contributed by atoms with Crippen molar-refractivity contribution < 1.29 is 16.8 Å². The molecule has 7 heteroatoms. The largest absolute Gasteiger partial charge is 0.240 e. The van der Waals surface area contributed by atoms with Gasteiger partial charge in [-0.05, 0) is 30.5 Å². The molecule has 0 spiro atoms. The van der Waals surface area contributed by atoms with Crippen molar-refractivity contribution in [3.63, 3.8) is 0 Å². The Kier molecular flexibility index (Phi) is 7.02. The van der Waals surface area contributed by atoms with Gasteiger partial charge in [0.05, 0.1) is 9.79 Å². The lowest BCUT2D eigenvalue weighted by molar-refractivity contribution is 0.443. The summed E-state index contributed by atoms with van der Waals surface area (Å²) in [4.78, 5) is -0.00540. The van der Waals surface area contributed by atoms with Crippen LogP contribution < -0.4 is 4.72 Å². The number of nitrogens with one attached hydrogen (secondary N) is 1. The van der Waals surface area contributed by atoms with Crippen molar-refractivity contribution in [2.75, 3.05) is 12.8 Å². The lowest BCUT2D eigenvalue weighted by Crippen LogP contribution is -2.29. The topological polar surface area (TPSA) is 80.3 Å². The van der Waals surface area contributed by atoms with Crippen LogP contribution in [0.1, 0.15) is 39.5 Å². The van der Waals surface area contributed by atoms with Crippen molar-refractivity contribution in [1.29, 1.82) is 0 Å². The molecule has 0 amide bonds. The van der Waals surface area contributed by atoms with Gasteiger partial charge in [-0.2, -0.15) is 0 Å². The molecule has 0 bridgehead atoms. The molecular formula is C15H25NO4S2. The number of rotatable bonds is 9. The maximum absolute atomic E-state index is 12.3. The Morgan fingerprint density at radius 1 is 1.09 bits per heavy atom. The maximum atomic E-state index is 12.3. The average molecular weight is 348 g/mol. The summed E-state index contributed by atoms with van der Waals surface area (Å²) >= 11 is 0. The van der Waals surface area contributed by atoms with E-state index in [-0.39, 0.29) is 9.79 Å². The molecule has 0 saturated heterocycles. The van der Waals surface area contributed by atoms with Crippen molar-refractivity contribution in [2.45, 2.75) is 49.3 Å². The predicted octanol–water partition coefficient (Wildman–Crippen LogP) is 2.58. The second kappa shape index (κ2) is 8.08. The third-order valence-corrected chi connectivity index (χ3v) is 6.18. The fourth-order valence-electron chi connectivity index (χ4n) is 2.13. The van der Waals surface area contributed by atoms with Crippen LogP contribution in [0.4, 0.5) is 0 Å². The standard InChI is InChI=1S/C15H25NO4S2/c1-4-6-8-13(5-2)12-16-22(19,20)15-10-7-9-14(11-15)21(3,17)18/h7,9-11,13,16H,4-6,8,12H2,1-3H3/t13-/m1/s1. The Balaban J connectivity index is 2.87. The first-order valence-corrected chi connectivity index (χ1v) is 10.9. The van der Waals surface area contributed by atoms with E-state index in [9.17, 15) is 16.8 Å². The molecule has 5 nitrogen and oxygen atoms in total. The van der Waals surface area contributed by atoms with Gasteiger partial charge < -0.3 is 0 Å². The monoisotopic (exact) mass is 347 g/mol. The molecule has 0 saturated carbocycles. The minimum atomic E-state index is -3.69. The van der Waals surface area contributed by atoms with Crippen LogP contribution in [-0.2, 0) is 19.9 Å². The minimum absolute atomic E-state index is 0.00778. The van der Waals surface area contributed by atoms with Gasteiger partial charge in [-0.1, -0.05) is 39.2 Å². The zero-order valence-corrected chi connectivity index (χ0v) is 15.0. The van der Waals surface area contributed by atoms with E-state index in [0.29, 0.717) is 12.5 Å². The fraction of sp³-hybridized carbons (Fsp3) is 0.600. The Morgan fingerprint density at radius 3 is 2.27 bits per heavy atom. The van der Waals surface area contributed by atoms with Gasteiger partial charge in [-0.25, -0.2) is 21.6 Å². The first kappa shape index (κ1) is 19.1. The van der Waals surface area contributed by atoms with Gasteiger partial charge in [-0.3, -0.25) is 0 Å². The van der Waals surface area contributed by atoms with Crippen molar-refractivity contribution in [3.8, 4) is 0 Å². The highest BCUT2D eigenvalue weighted by Crippen LogP contribution is 2.17. The third kappa shape index (κ3) is 5.70. The van der Waals surface area contributed by atoms with E-state index < -0.39 is 19.9 Å². The molecule has 0 heterocycles. The van der Waals surface area contributed by atoms with Gasteiger partial charge in [0.25, 0.3) is 0 Å². The summed E-state index contributed by atoms with van der Waals surface area (Å²) in [6.07, 6.45) is 5.11. The summed E-state index contributed by atoms with van der Waals surface area (Å²) in [6.45, 7) is 4.52. The normalized spacial score (nSPS) is 14.0. The van der Waals surface area contributed by atoms with E-state index >= 15 is 0 Å². The van der Waals surface area contributed by atoms with Crippen molar-refractivity contribution >= 4 is 19.9 Å². The van der Waals surface area contributed by atoms with Gasteiger partial charge >= 0.3 is 0 Å². The molecule has 1 aromatic rings. The minimum Gasteiger partial charge on any atom is -0.224 e. The van der Waals surface area contributed by atoms with Crippen LogP contribution in [0.25, 0.3) is 0 Å². The van der Waals surface area contributed by atoms with E-state index in [0.717, 1.165) is 31.9 Å². The molecule has 126 valence electrons. The zero-order chi connectivity index (χ0) is 16.8. The van der Waals surface area contributed by atoms with Crippen LogP contribution >= 0.6 is 0 Å². The summed E-state index contributed by atoms with van der Waals surface area (Å²) in [5.74, 6) is 0.299. The fourth-order valence-corrected chi connectivity index (χ4v) is 4.03. The molecule has 0 aliphatic heterocycles. The lowest BCUT2D eigenvalue weighted by atomic mass is 10.00. The van der Waals surface area contributed by atoms with Crippen molar-refractivity contribution in [1.82, 2.24) is 4.72 Å². The molecule has 0 aliphatic carbocycles. The Hall–Kier alpha value is -0.920. The van der Waals surface area contributed by atoms with Gasteiger partial charge in [0, 0.05) is 12.8 Å². The molecule has 1 rings (SSSR count). The maximum Gasteiger partial charge on any atom is 0.240 e. The summed E-state index contributed by atoms with van der Waals surface area (Å²) in [5, 5.41) is 0. The number of sulfonamides is 1. The SMILES string of the molecule is CCCC[C@@H](CC)CNS(=O)(=O)c1cccc(S(C)(=O)=O)c1. The van der Waals surface area contributed by atoms with Gasteiger partial charge in [-0.15, -0.1) is 0 Å². The second-order valence-corrected chi connectivity index (χ2v) is 9.30. The highest BCUT2D eigenvalue weighted by atomic mass is 32.2. The van der Waals surface area contributed by atoms with Crippen LogP contribution in [0, 0.1) is 5.92 Å². The zero-order valence-electron chi connectivity index (χ0n) is 13.4. The van der Waals surface area contributed by atoms with Crippen molar-refractivity contribution in [2.24, 2.45) is 5.92 Å². The van der Waals surface area contributed by atoms with E-state index in [1.807, 2.05) is 6.92 Å². The third-order valence-electron chi connectivity index (χ3n) is 3.65. The first-order valence-electron chi connectivity index (χ1n) is 7.50. The van der Waals surface area contributed by atoms with Crippen LogP contribution in [0.3, 0.4) is 0 Å². The number of benzene rings is 1. The highest BCUT2D eigenvalue weighted by molar-refractivity contribution is 7.91. The number of hydrogen-bond acceptors (Lipinski definition) is 4. The van der Waals surface area contributed by atoms with Crippen LogP contribution in [0.5, 0.6) is 0 Å². The average Bonchev–Trinajstić information content (AvgIpc) is 2.47. The molecule has 0 unspecified atom stereocenters. The highest BCUT2D eigenvalue weighted by Gasteiger charge is 2.18. The van der Waals surface area contributed by atoms with E-state index in [2.05, 4.69) is 11.6 Å². The molecule has 0 aliphatic rings. The van der Waals surface area contributed by atoms with Gasteiger partial charge in [0.1, 0.15) is 0 Å². The molecule has 22 heavy (non-hydrogen) atoms. The Labute approximate surface area is 134 Å². The van der Waals surface area contributed by atoms with Crippen LogP contribution in [-0.4, -0.2) is 29.6 Å². The molecule has 0 fully saturated rings. The molecular weight excluding hydrogens is 322 g/mol. The van der Waals surface area contributed by atoms with Crippen LogP contribution in [0.2, 0.25) is 0 Å². The summed E-state index contributed by atoms with van der Waals surface area (Å²) in [5.41, 5.74) is 0. The van der Waals surface area contributed by atoms with E-state index in [1.165, 1.54) is 24.3 Å². The number of unbranched alkanes of at least 4 members (excludes halogenated alkanes) is 1. The Morgan fingerprint density at radius 2 is 1.73 bits per heavy atom. The van der Waals surface area contributed by atoms with E-state index in [4.69, 9.17) is 0 Å². The first-order chi connectivity index (χ1) is 10.2. The molecule has 1 aromatic carbocycles. The molecule has 0 radical (unpaired) electrons. The summed E-state index contributed by atoms with van der Waals surface area (Å²) in [7, 11) is -7.11. The summed E-state index contributed by atoms with van der Waals surface area (Å²) in [6, 6.07) is 5.44. The quantitative estimate of drug-likeness (QED) is 0.744. The molecule has 1 atom stereocenters. The summed E-state index contributed by atoms with van der Waals surface area (Å²) < 4.78 is 50.2. The van der Waals surface area contributed by atoms with Crippen molar-refractivity contribution in [3.05, 3.63) is 24.3 Å². The van der Waals surface area contributed by atoms with Gasteiger partial charge in [0.15, 0.2) is 9.84 Å². The molecule has 1 N–H and O–H groups in total. The Bertz CT molecular complexity index is 681. The predicted molar refractivity (Wildman–Crippen MR) is 88.0 cm³/mol. The van der Waals surface area contributed by atoms with Crippen LogP contribution in [0.15, 0.2) is 34.1 Å². The van der Waals surface area contributed by atoms with E-state index in [1.54, 1.807) is 0 Å². The molecule has 0 aromatic heterocycles. The smallest absolute Gasteiger partial charge is 0.224 e. The number of hydrogen-bond donors (Lipinski definition) is 1.